The van der Waals surface area contributed by atoms with E-state index in [-0.39, 0.29) is 108 Å². The largest absolute Gasteiger partial charge is 0.391 e. The number of imidazole rings is 1. The maximum atomic E-state index is 14.1. The van der Waals surface area contributed by atoms with Crippen LogP contribution in [-0.4, -0.2) is 64.3 Å². The van der Waals surface area contributed by atoms with Crippen LogP contribution < -0.4 is 20.9 Å². The van der Waals surface area contributed by atoms with Crippen molar-refractivity contribution in [1.29, 1.82) is 0 Å². The molecule has 2 aliphatic rings. The predicted octanol–water partition coefficient (Wildman–Crippen LogP) is 9.04. The highest BCUT2D eigenvalue weighted by molar-refractivity contribution is 6.39. The van der Waals surface area contributed by atoms with Gasteiger partial charge in [-0.3, -0.25) is 14.2 Å². The van der Waals surface area contributed by atoms with Crippen LogP contribution in [0.3, 0.4) is 0 Å². The third kappa shape index (κ3) is 9.56. The molecule has 2 fully saturated rings. The fourth-order valence-corrected chi connectivity index (χ4v) is 7.03. The van der Waals surface area contributed by atoms with Gasteiger partial charge >= 0.3 is 12.4 Å². The maximum absolute atomic E-state index is 14.1. The molecule has 0 unspecified atom stereocenters. The van der Waals surface area contributed by atoms with Gasteiger partial charge in [0.25, 0.3) is 12.3 Å². The highest BCUT2D eigenvalue weighted by Crippen LogP contribution is 2.40. The Morgan fingerprint density at radius 1 is 0.906 bits per heavy atom. The van der Waals surface area contributed by atoms with E-state index in [0.717, 1.165) is 4.57 Å². The van der Waals surface area contributed by atoms with Crippen molar-refractivity contribution in [3.8, 4) is 0 Å². The second kappa shape index (κ2) is 15.6. The number of piperidine rings is 1. The number of carbonyl (C=O) groups is 2. The summed E-state index contributed by atoms with van der Waals surface area (Å²) in [6, 6.07) is 3.73. The molecule has 1 aliphatic carbocycles. The van der Waals surface area contributed by atoms with Crippen LogP contribution in [-0.2, 0) is 17.9 Å². The SMILES string of the molecule is CC(C)(C)C(=O)NCc1ccc(Cl)c(Nc2nc3cc(C(=O)N[C@H]4CC[C@H](C(F)(F)F)CC4)c(N4CCC(C(F)(F)F)CC4)nc3n2CC(F)F)c1Cl. The van der Waals surface area contributed by atoms with Crippen molar-refractivity contribution in [2.75, 3.05) is 23.3 Å². The zero-order valence-electron chi connectivity index (χ0n) is 29.0. The molecule has 2 aromatic heterocycles. The standard InChI is InChI=1S/C34H39Cl2F8N7O2/c1-32(2,3)30(53)45-15-17-4-9-22(35)26(25(17)36)48-31-47-23-14-21(29(52)46-20-7-5-18(6-8-20)33(39,40)41)27(49-28(23)51(31)16-24(37)38)50-12-10-19(11-13-50)34(42,43)44/h4,9,14,18-20,24H,5-8,10-13,15-16H2,1-3H3,(H,45,53)(H,46,52)(H,47,48)/t18-,20-. The van der Waals surface area contributed by atoms with Gasteiger partial charge in [-0.2, -0.15) is 26.3 Å². The first-order chi connectivity index (χ1) is 24.6. The molecule has 1 saturated carbocycles. The number of alkyl halides is 8. The Hall–Kier alpha value is -3.60. The number of rotatable bonds is 9. The van der Waals surface area contributed by atoms with Gasteiger partial charge in [0.15, 0.2) is 5.65 Å². The second-order valence-electron chi connectivity index (χ2n) is 14.5. The monoisotopic (exact) mass is 799 g/mol. The van der Waals surface area contributed by atoms with Gasteiger partial charge in [-0.1, -0.05) is 50.0 Å². The van der Waals surface area contributed by atoms with E-state index >= 15 is 0 Å². The number of benzene rings is 1. The average molecular weight is 801 g/mol. The molecule has 2 amide bonds. The summed E-state index contributed by atoms with van der Waals surface area (Å²) in [7, 11) is 0. The van der Waals surface area contributed by atoms with Crippen LogP contribution in [0.5, 0.6) is 0 Å². The summed E-state index contributed by atoms with van der Waals surface area (Å²) in [4.78, 5) is 36.7. The number of nitrogens with one attached hydrogen (secondary N) is 3. The number of hydrogen-bond donors (Lipinski definition) is 3. The predicted molar refractivity (Wildman–Crippen MR) is 185 cm³/mol. The Morgan fingerprint density at radius 3 is 2.08 bits per heavy atom. The summed E-state index contributed by atoms with van der Waals surface area (Å²) in [5, 5.41) is 8.54. The van der Waals surface area contributed by atoms with Crippen LogP contribution in [0.15, 0.2) is 18.2 Å². The van der Waals surface area contributed by atoms with Crippen LogP contribution >= 0.6 is 23.2 Å². The molecule has 0 radical (unpaired) electrons. The number of carbonyl (C=O) groups excluding carboxylic acids is 2. The zero-order valence-corrected chi connectivity index (χ0v) is 30.5. The average Bonchev–Trinajstić information content (AvgIpc) is 3.39. The molecule has 3 aromatic rings. The van der Waals surface area contributed by atoms with Crippen LogP contribution in [0.2, 0.25) is 10.0 Å². The third-order valence-electron chi connectivity index (χ3n) is 9.58. The number of anilines is 3. The normalized spacial score (nSPS) is 19.2. The molecule has 1 aromatic carbocycles. The number of hydrogen-bond acceptors (Lipinski definition) is 6. The van der Waals surface area contributed by atoms with Gasteiger partial charge in [-0.15, -0.1) is 0 Å². The summed E-state index contributed by atoms with van der Waals surface area (Å²) in [6.07, 6.45) is -12.6. The molecule has 0 spiro atoms. The van der Waals surface area contributed by atoms with Crippen LogP contribution in [0.1, 0.15) is 75.2 Å². The second-order valence-corrected chi connectivity index (χ2v) is 15.2. The zero-order chi connectivity index (χ0) is 39.0. The number of fused-ring (bicyclic) bond motifs is 1. The molecule has 5 rings (SSSR count). The fourth-order valence-electron chi connectivity index (χ4n) is 6.50. The van der Waals surface area contributed by atoms with E-state index in [1.807, 2.05) is 0 Å². The first-order valence-corrected chi connectivity index (χ1v) is 17.8. The van der Waals surface area contributed by atoms with Gasteiger partial charge in [-0.25, -0.2) is 18.7 Å². The summed E-state index contributed by atoms with van der Waals surface area (Å²) in [5.41, 5.74) is -0.454. The van der Waals surface area contributed by atoms with Crippen molar-refractivity contribution in [3.05, 3.63) is 39.4 Å². The van der Waals surface area contributed by atoms with Gasteiger partial charge in [0, 0.05) is 31.1 Å². The van der Waals surface area contributed by atoms with Gasteiger partial charge < -0.3 is 20.9 Å². The first-order valence-electron chi connectivity index (χ1n) is 17.0. The van der Waals surface area contributed by atoms with E-state index in [1.165, 1.54) is 17.0 Å². The van der Waals surface area contributed by atoms with Gasteiger partial charge in [-0.05, 0) is 56.2 Å². The molecular weight excluding hydrogens is 761 g/mol. The lowest BCUT2D eigenvalue weighted by Crippen LogP contribution is -2.42. The minimum atomic E-state index is -4.44. The van der Waals surface area contributed by atoms with Crippen LogP contribution in [0.25, 0.3) is 11.2 Å². The highest BCUT2D eigenvalue weighted by atomic mass is 35.5. The van der Waals surface area contributed by atoms with Gasteiger partial charge in [0.2, 0.25) is 11.9 Å². The lowest BCUT2D eigenvalue weighted by Gasteiger charge is -2.35. The van der Waals surface area contributed by atoms with E-state index in [9.17, 15) is 44.7 Å². The first kappa shape index (κ1) is 40.6. The third-order valence-corrected chi connectivity index (χ3v) is 10.3. The lowest BCUT2D eigenvalue weighted by molar-refractivity contribution is -0.182. The number of halogens is 10. The fraction of sp³-hybridized carbons (Fsp3) is 0.588. The molecule has 0 atom stereocenters. The van der Waals surface area contributed by atoms with E-state index < -0.39 is 54.5 Å². The van der Waals surface area contributed by atoms with E-state index in [2.05, 4.69) is 25.9 Å². The maximum Gasteiger partial charge on any atom is 0.391 e. The van der Waals surface area contributed by atoms with Crippen molar-refractivity contribution < 1.29 is 44.7 Å². The topological polar surface area (TPSA) is 104 Å². The Bertz CT molecular complexity index is 1810. The molecule has 3 N–H and O–H groups in total. The van der Waals surface area contributed by atoms with Crippen molar-refractivity contribution >= 4 is 63.6 Å². The summed E-state index contributed by atoms with van der Waals surface area (Å²) < 4.78 is 110. The Morgan fingerprint density at radius 2 is 1.51 bits per heavy atom. The minimum Gasteiger partial charge on any atom is -0.356 e. The minimum absolute atomic E-state index is 0.0144. The van der Waals surface area contributed by atoms with Crippen LogP contribution in [0, 0.1) is 17.3 Å². The number of nitrogens with zero attached hydrogens (tertiary/aromatic N) is 4. The smallest absolute Gasteiger partial charge is 0.356 e. The molecule has 292 valence electrons. The Labute approximate surface area is 310 Å². The number of amides is 2. The molecule has 0 bridgehead atoms. The lowest BCUT2D eigenvalue weighted by atomic mass is 9.85. The van der Waals surface area contributed by atoms with Gasteiger partial charge in [0.1, 0.15) is 11.3 Å². The molecule has 1 saturated heterocycles. The highest BCUT2D eigenvalue weighted by Gasteiger charge is 2.43. The summed E-state index contributed by atoms with van der Waals surface area (Å²) in [5.74, 6) is -4.34. The van der Waals surface area contributed by atoms with E-state index in [0.29, 0.717) is 5.56 Å². The van der Waals surface area contributed by atoms with E-state index in [4.69, 9.17) is 23.2 Å². The molecule has 3 heterocycles. The molecule has 19 heteroatoms. The Balaban J connectivity index is 1.52. The molecule has 1 aliphatic heterocycles. The molecular formula is C34H39Cl2F8N7O2. The van der Waals surface area contributed by atoms with E-state index in [1.54, 1.807) is 26.8 Å². The number of pyridine rings is 1. The summed E-state index contributed by atoms with van der Waals surface area (Å²) in [6.45, 7) is 3.96. The number of aromatic nitrogens is 3. The molecule has 9 nitrogen and oxygen atoms in total. The molecule has 53 heavy (non-hydrogen) atoms. The summed E-state index contributed by atoms with van der Waals surface area (Å²) >= 11 is 13.2. The van der Waals surface area contributed by atoms with Gasteiger partial charge in [0.05, 0.1) is 39.7 Å². The van der Waals surface area contributed by atoms with Crippen molar-refractivity contribution in [2.24, 2.45) is 17.3 Å². The van der Waals surface area contributed by atoms with Crippen LogP contribution in [0.4, 0.5) is 52.6 Å². The van der Waals surface area contributed by atoms with Crippen molar-refractivity contribution in [1.82, 2.24) is 25.2 Å². The van der Waals surface area contributed by atoms with Crippen molar-refractivity contribution in [2.45, 2.75) is 97.2 Å². The Kier molecular flexibility index (Phi) is 12.0. The quantitative estimate of drug-likeness (QED) is 0.187. The van der Waals surface area contributed by atoms with Crippen molar-refractivity contribution in [3.63, 3.8) is 0 Å².